The molecule has 2 aliphatic rings. The van der Waals surface area contributed by atoms with Gasteiger partial charge in [0.2, 0.25) is 11.8 Å². The number of rotatable bonds is 2. The standard InChI is InChI=1S/C12H20N2O3/c1-8-2-3-9(7-15)6-14(8)12(17)10-4-11(16)13-5-10/h8-10,15H,2-7H2,1H3,(H,13,16). The molecule has 96 valence electrons. The summed E-state index contributed by atoms with van der Waals surface area (Å²) in [5.74, 6) is 0.0170. The fraction of sp³-hybridized carbons (Fsp3) is 0.833. The van der Waals surface area contributed by atoms with Gasteiger partial charge < -0.3 is 15.3 Å². The average molecular weight is 240 g/mol. The highest BCUT2D eigenvalue weighted by molar-refractivity contribution is 5.89. The molecular weight excluding hydrogens is 220 g/mol. The van der Waals surface area contributed by atoms with Gasteiger partial charge in [-0.15, -0.1) is 0 Å². The Morgan fingerprint density at radius 1 is 1.53 bits per heavy atom. The molecule has 17 heavy (non-hydrogen) atoms. The molecule has 2 saturated heterocycles. The van der Waals surface area contributed by atoms with Crippen LogP contribution in [-0.4, -0.2) is 47.6 Å². The zero-order chi connectivity index (χ0) is 12.4. The van der Waals surface area contributed by atoms with E-state index in [9.17, 15) is 14.7 Å². The second-order valence-corrected chi connectivity index (χ2v) is 5.17. The van der Waals surface area contributed by atoms with E-state index in [1.807, 2.05) is 11.8 Å². The minimum absolute atomic E-state index is 0.0354. The molecule has 2 aliphatic heterocycles. The third-order valence-electron chi connectivity index (χ3n) is 3.85. The molecule has 5 heteroatoms. The lowest BCUT2D eigenvalue weighted by Crippen LogP contribution is -2.49. The Bertz CT molecular complexity index is 319. The molecule has 0 saturated carbocycles. The number of hydrogen-bond donors (Lipinski definition) is 2. The molecule has 2 rings (SSSR count). The molecular formula is C12H20N2O3. The quantitative estimate of drug-likeness (QED) is 0.699. The summed E-state index contributed by atoms with van der Waals surface area (Å²) in [6.45, 7) is 3.26. The van der Waals surface area contributed by atoms with Crippen LogP contribution in [0.1, 0.15) is 26.2 Å². The molecule has 0 radical (unpaired) electrons. The smallest absolute Gasteiger partial charge is 0.228 e. The first-order valence-electron chi connectivity index (χ1n) is 6.30. The molecule has 0 bridgehead atoms. The second kappa shape index (κ2) is 5.04. The molecule has 0 aliphatic carbocycles. The van der Waals surface area contributed by atoms with Crippen LogP contribution >= 0.6 is 0 Å². The number of amides is 2. The lowest BCUT2D eigenvalue weighted by molar-refractivity contribution is -0.140. The highest BCUT2D eigenvalue weighted by Gasteiger charge is 2.35. The molecule has 0 spiro atoms. The number of carbonyl (C=O) groups excluding carboxylic acids is 2. The average Bonchev–Trinajstić information content (AvgIpc) is 2.76. The zero-order valence-electron chi connectivity index (χ0n) is 10.2. The number of hydrogen-bond acceptors (Lipinski definition) is 3. The first-order chi connectivity index (χ1) is 8.11. The van der Waals surface area contributed by atoms with E-state index in [1.54, 1.807) is 0 Å². The fourth-order valence-corrected chi connectivity index (χ4v) is 2.65. The number of aliphatic hydroxyl groups excluding tert-OH is 1. The highest BCUT2D eigenvalue weighted by Crippen LogP contribution is 2.24. The highest BCUT2D eigenvalue weighted by atomic mass is 16.3. The van der Waals surface area contributed by atoms with E-state index >= 15 is 0 Å². The van der Waals surface area contributed by atoms with Gasteiger partial charge in [-0.3, -0.25) is 9.59 Å². The van der Waals surface area contributed by atoms with E-state index in [-0.39, 0.29) is 36.3 Å². The predicted molar refractivity (Wildman–Crippen MR) is 62.1 cm³/mol. The van der Waals surface area contributed by atoms with Gasteiger partial charge >= 0.3 is 0 Å². The van der Waals surface area contributed by atoms with Crippen molar-refractivity contribution < 1.29 is 14.7 Å². The van der Waals surface area contributed by atoms with Crippen molar-refractivity contribution in [3.63, 3.8) is 0 Å². The van der Waals surface area contributed by atoms with Crippen molar-refractivity contribution in [2.75, 3.05) is 19.7 Å². The van der Waals surface area contributed by atoms with Gasteiger partial charge in [0.1, 0.15) is 0 Å². The number of nitrogens with zero attached hydrogens (tertiary/aromatic N) is 1. The van der Waals surface area contributed by atoms with Crippen molar-refractivity contribution in [3.05, 3.63) is 0 Å². The first-order valence-corrected chi connectivity index (χ1v) is 6.30. The number of likely N-dealkylation sites (tertiary alicyclic amines) is 1. The molecule has 2 amide bonds. The normalized spacial score (nSPS) is 33.6. The SMILES string of the molecule is CC1CCC(CO)CN1C(=O)C1CNC(=O)C1. The van der Waals surface area contributed by atoms with Gasteiger partial charge in [0.25, 0.3) is 0 Å². The van der Waals surface area contributed by atoms with E-state index in [0.29, 0.717) is 19.5 Å². The Balaban J connectivity index is 1.99. The maximum Gasteiger partial charge on any atom is 0.228 e. The monoisotopic (exact) mass is 240 g/mol. The van der Waals surface area contributed by atoms with Crippen LogP contribution in [0.5, 0.6) is 0 Å². The molecule has 0 aromatic rings. The van der Waals surface area contributed by atoms with Gasteiger partial charge in [0, 0.05) is 32.2 Å². The van der Waals surface area contributed by atoms with Crippen LogP contribution in [0.3, 0.4) is 0 Å². The summed E-state index contributed by atoms with van der Waals surface area (Å²) in [5.41, 5.74) is 0. The van der Waals surface area contributed by atoms with E-state index in [4.69, 9.17) is 0 Å². The van der Waals surface area contributed by atoms with Crippen molar-refractivity contribution in [3.8, 4) is 0 Å². The first kappa shape index (κ1) is 12.4. The van der Waals surface area contributed by atoms with Crippen LogP contribution in [0.25, 0.3) is 0 Å². The van der Waals surface area contributed by atoms with Gasteiger partial charge in [-0.25, -0.2) is 0 Å². The third kappa shape index (κ3) is 2.60. The van der Waals surface area contributed by atoms with E-state index in [0.717, 1.165) is 12.8 Å². The number of piperidine rings is 1. The van der Waals surface area contributed by atoms with Crippen LogP contribution in [0, 0.1) is 11.8 Å². The Morgan fingerprint density at radius 2 is 2.29 bits per heavy atom. The van der Waals surface area contributed by atoms with Gasteiger partial charge in [0.15, 0.2) is 0 Å². The van der Waals surface area contributed by atoms with Crippen molar-refractivity contribution in [2.45, 2.75) is 32.2 Å². The zero-order valence-corrected chi connectivity index (χ0v) is 10.2. The molecule has 3 unspecified atom stereocenters. The summed E-state index contributed by atoms with van der Waals surface area (Å²) >= 11 is 0. The largest absolute Gasteiger partial charge is 0.396 e. The number of carbonyl (C=O) groups is 2. The van der Waals surface area contributed by atoms with Crippen LogP contribution < -0.4 is 5.32 Å². The number of nitrogens with one attached hydrogen (secondary N) is 1. The molecule has 2 N–H and O–H groups in total. The fourth-order valence-electron chi connectivity index (χ4n) is 2.65. The van der Waals surface area contributed by atoms with Crippen molar-refractivity contribution in [1.82, 2.24) is 10.2 Å². The van der Waals surface area contributed by atoms with Crippen LogP contribution in [0.15, 0.2) is 0 Å². The molecule has 0 aromatic heterocycles. The van der Waals surface area contributed by atoms with Crippen molar-refractivity contribution in [2.24, 2.45) is 11.8 Å². The molecule has 0 aromatic carbocycles. The van der Waals surface area contributed by atoms with Gasteiger partial charge in [-0.1, -0.05) is 0 Å². The molecule has 5 nitrogen and oxygen atoms in total. The molecule has 2 fully saturated rings. The Hall–Kier alpha value is -1.10. The predicted octanol–water partition coefficient (Wildman–Crippen LogP) is -0.258. The summed E-state index contributed by atoms with van der Waals surface area (Å²) in [6.07, 6.45) is 2.22. The summed E-state index contributed by atoms with van der Waals surface area (Å²) < 4.78 is 0. The van der Waals surface area contributed by atoms with Crippen molar-refractivity contribution in [1.29, 1.82) is 0 Å². The summed E-state index contributed by atoms with van der Waals surface area (Å²) in [7, 11) is 0. The summed E-state index contributed by atoms with van der Waals surface area (Å²) in [6, 6.07) is 0.223. The minimum atomic E-state index is -0.206. The Kier molecular flexibility index (Phi) is 3.66. The molecule has 3 atom stereocenters. The maximum absolute atomic E-state index is 12.3. The maximum atomic E-state index is 12.3. The topological polar surface area (TPSA) is 69.6 Å². The lowest BCUT2D eigenvalue weighted by Gasteiger charge is -2.38. The van der Waals surface area contributed by atoms with Crippen LogP contribution in [0.4, 0.5) is 0 Å². The Morgan fingerprint density at radius 3 is 2.88 bits per heavy atom. The second-order valence-electron chi connectivity index (χ2n) is 5.17. The molecule has 2 heterocycles. The van der Waals surface area contributed by atoms with Crippen LogP contribution in [-0.2, 0) is 9.59 Å². The van der Waals surface area contributed by atoms with Crippen molar-refractivity contribution >= 4 is 11.8 Å². The minimum Gasteiger partial charge on any atom is -0.396 e. The van der Waals surface area contributed by atoms with E-state index in [2.05, 4.69) is 5.32 Å². The Labute approximate surface area is 101 Å². The van der Waals surface area contributed by atoms with E-state index in [1.165, 1.54) is 0 Å². The third-order valence-corrected chi connectivity index (χ3v) is 3.85. The summed E-state index contributed by atoms with van der Waals surface area (Å²) in [5, 5.41) is 11.9. The van der Waals surface area contributed by atoms with Gasteiger partial charge in [-0.05, 0) is 25.7 Å². The van der Waals surface area contributed by atoms with Crippen LogP contribution in [0.2, 0.25) is 0 Å². The lowest BCUT2D eigenvalue weighted by atomic mass is 9.92. The van der Waals surface area contributed by atoms with Gasteiger partial charge in [-0.2, -0.15) is 0 Å². The number of aliphatic hydroxyl groups is 1. The van der Waals surface area contributed by atoms with E-state index < -0.39 is 0 Å². The van der Waals surface area contributed by atoms with Gasteiger partial charge in [0.05, 0.1) is 5.92 Å². The summed E-state index contributed by atoms with van der Waals surface area (Å²) in [4.78, 5) is 25.2.